The summed E-state index contributed by atoms with van der Waals surface area (Å²) in [4.78, 5) is 35.6. The largest absolute Gasteiger partial charge is 0.459 e. The fraction of sp³-hybridized carbons (Fsp3) is 0.192. The second-order valence-electron chi connectivity index (χ2n) is 7.94. The minimum atomic E-state index is -0.0980. The highest BCUT2D eigenvalue weighted by Crippen LogP contribution is 2.35. The SMILES string of the molecule is Cc1ccccc1C(=O)c1sc(N2CCN(C(=O)c3ccco3)CC2)nc1-c1ccccc1. The summed E-state index contributed by atoms with van der Waals surface area (Å²) in [6.07, 6.45) is 1.51. The molecule has 1 fully saturated rings. The predicted octanol–water partition coefficient (Wildman–Crippen LogP) is 4.90. The van der Waals surface area contributed by atoms with Crippen LogP contribution in [-0.4, -0.2) is 47.8 Å². The molecule has 4 aromatic rings. The molecule has 0 atom stereocenters. The van der Waals surface area contributed by atoms with Gasteiger partial charge in [0.25, 0.3) is 5.91 Å². The number of carbonyl (C=O) groups is 2. The van der Waals surface area contributed by atoms with Crippen LogP contribution in [0.5, 0.6) is 0 Å². The molecule has 5 rings (SSSR count). The van der Waals surface area contributed by atoms with Gasteiger partial charge in [0.1, 0.15) is 4.88 Å². The van der Waals surface area contributed by atoms with E-state index in [4.69, 9.17) is 9.40 Å². The summed E-state index contributed by atoms with van der Waals surface area (Å²) in [6.45, 7) is 4.38. The molecular formula is C26H23N3O3S. The number of anilines is 1. The molecule has 1 aliphatic rings. The number of benzene rings is 2. The van der Waals surface area contributed by atoms with Gasteiger partial charge < -0.3 is 14.2 Å². The van der Waals surface area contributed by atoms with E-state index in [9.17, 15) is 9.59 Å². The Labute approximate surface area is 196 Å². The molecule has 0 radical (unpaired) electrons. The van der Waals surface area contributed by atoms with Crippen molar-refractivity contribution in [1.82, 2.24) is 9.88 Å². The van der Waals surface area contributed by atoms with Crippen LogP contribution in [-0.2, 0) is 0 Å². The summed E-state index contributed by atoms with van der Waals surface area (Å²) in [5, 5.41) is 0.802. The van der Waals surface area contributed by atoms with Crippen molar-refractivity contribution < 1.29 is 14.0 Å². The lowest BCUT2D eigenvalue weighted by Gasteiger charge is -2.34. The molecular weight excluding hydrogens is 434 g/mol. The summed E-state index contributed by atoms with van der Waals surface area (Å²) in [6, 6.07) is 20.9. The van der Waals surface area contributed by atoms with Gasteiger partial charge in [-0.3, -0.25) is 9.59 Å². The Morgan fingerprint density at radius 2 is 1.64 bits per heavy atom. The van der Waals surface area contributed by atoms with Crippen molar-refractivity contribution >= 4 is 28.2 Å². The molecule has 33 heavy (non-hydrogen) atoms. The van der Waals surface area contributed by atoms with Crippen LogP contribution in [0.4, 0.5) is 5.13 Å². The molecule has 0 bridgehead atoms. The first-order valence-corrected chi connectivity index (χ1v) is 11.7. The molecule has 0 unspecified atom stereocenters. The van der Waals surface area contributed by atoms with Crippen LogP contribution in [0.2, 0.25) is 0 Å². The van der Waals surface area contributed by atoms with Crippen LogP contribution in [0.3, 0.4) is 0 Å². The van der Waals surface area contributed by atoms with Gasteiger partial charge in [-0.2, -0.15) is 0 Å². The number of furan rings is 1. The Morgan fingerprint density at radius 1 is 0.909 bits per heavy atom. The van der Waals surface area contributed by atoms with Crippen molar-refractivity contribution in [3.8, 4) is 11.3 Å². The number of nitrogens with zero attached hydrogens (tertiary/aromatic N) is 3. The van der Waals surface area contributed by atoms with Gasteiger partial charge in [-0.25, -0.2) is 4.98 Å². The number of carbonyl (C=O) groups excluding carboxylic acids is 2. The van der Waals surface area contributed by atoms with E-state index in [1.807, 2.05) is 61.5 Å². The first-order valence-electron chi connectivity index (χ1n) is 10.9. The Hall–Kier alpha value is -3.71. The van der Waals surface area contributed by atoms with Gasteiger partial charge in [0.05, 0.1) is 12.0 Å². The number of hydrogen-bond acceptors (Lipinski definition) is 6. The van der Waals surface area contributed by atoms with Crippen LogP contribution in [0.25, 0.3) is 11.3 Å². The van der Waals surface area contributed by atoms with E-state index in [1.54, 1.807) is 17.0 Å². The Balaban J connectivity index is 1.43. The molecule has 166 valence electrons. The van der Waals surface area contributed by atoms with Crippen molar-refractivity contribution in [3.05, 3.63) is 94.8 Å². The molecule has 1 amide bonds. The van der Waals surface area contributed by atoms with E-state index in [0.29, 0.717) is 48.1 Å². The van der Waals surface area contributed by atoms with E-state index in [0.717, 1.165) is 16.3 Å². The van der Waals surface area contributed by atoms with E-state index >= 15 is 0 Å². The van der Waals surface area contributed by atoms with Gasteiger partial charge in [0.15, 0.2) is 10.9 Å². The Kier molecular flexibility index (Phi) is 5.79. The molecule has 2 aromatic heterocycles. The average Bonchev–Trinajstić information content (AvgIpc) is 3.55. The summed E-state index contributed by atoms with van der Waals surface area (Å²) in [5.74, 6) is 0.247. The Morgan fingerprint density at radius 3 is 2.33 bits per heavy atom. The molecule has 1 aliphatic heterocycles. The molecule has 3 heterocycles. The summed E-state index contributed by atoms with van der Waals surface area (Å²) in [5.41, 5.74) is 3.27. The quantitative estimate of drug-likeness (QED) is 0.399. The second-order valence-corrected chi connectivity index (χ2v) is 8.92. The lowest BCUT2D eigenvalue weighted by atomic mass is 10.0. The van der Waals surface area contributed by atoms with E-state index in [2.05, 4.69) is 4.90 Å². The highest BCUT2D eigenvalue weighted by atomic mass is 32.1. The zero-order valence-electron chi connectivity index (χ0n) is 18.2. The first kappa shape index (κ1) is 21.2. The number of piperazine rings is 1. The summed E-state index contributed by atoms with van der Waals surface area (Å²) in [7, 11) is 0. The predicted molar refractivity (Wildman–Crippen MR) is 129 cm³/mol. The van der Waals surface area contributed by atoms with Crippen LogP contribution in [0.15, 0.2) is 77.4 Å². The van der Waals surface area contributed by atoms with E-state index in [-0.39, 0.29) is 11.7 Å². The van der Waals surface area contributed by atoms with Crippen molar-refractivity contribution in [2.45, 2.75) is 6.92 Å². The standard InChI is InChI=1S/C26H23N3O3S/c1-18-8-5-6-11-20(18)23(30)24-22(19-9-3-2-4-10-19)27-26(33-24)29-15-13-28(14-16-29)25(31)21-12-7-17-32-21/h2-12,17H,13-16H2,1H3. The molecule has 0 spiro atoms. The van der Waals surface area contributed by atoms with Gasteiger partial charge >= 0.3 is 0 Å². The smallest absolute Gasteiger partial charge is 0.289 e. The number of amides is 1. The lowest BCUT2D eigenvalue weighted by Crippen LogP contribution is -2.48. The molecule has 0 aliphatic carbocycles. The van der Waals surface area contributed by atoms with Gasteiger partial charge in [0, 0.05) is 37.3 Å². The maximum atomic E-state index is 13.5. The molecule has 7 heteroatoms. The maximum Gasteiger partial charge on any atom is 0.289 e. The third-order valence-electron chi connectivity index (χ3n) is 5.83. The van der Waals surface area contributed by atoms with Crippen LogP contribution in [0, 0.1) is 6.92 Å². The minimum absolute atomic E-state index is 0.0117. The normalized spacial score (nSPS) is 13.8. The molecule has 2 aromatic carbocycles. The highest BCUT2D eigenvalue weighted by molar-refractivity contribution is 7.18. The zero-order valence-corrected chi connectivity index (χ0v) is 19.0. The number of rotatable bonds is 5. The molecule has 6 nitrogen and oxygen atoms in total. The average molecular weight is 458 g/mol. The molecule has 1 saturated heterocycles. The monoisotopic (exact) mass is 457 g/mol. The van der Waals surface area contributed by atoms with Crippen molar-refractivity contribution in [1.29, 1.82) is 0 Å². The van der Waals surface area contributed by atoms with Crippen molar-refractivity contribution in [2.24, 2.45) is 0 Å². The fourth-order valence-electron chi connectivity index (χ4n) is 4.00. The van der Waals surface area contributed by atoms with Gasteiger partial charge in [-0.05, 0) is 24.6 Å². The third-order valence-corrected chi connectivity index (χ3v) is 6.94. The fourth-order valence-corrected chi connectivity index (χ4v) is 5.09. The summed E-state index contributed by atoms with van der Waals surface area (Å²) < 4.78 is 5.25. The van der Waals surface area contributed by atoms with E-state index < -0.39 is 0 Å². The van der Waals surface area contributed by atoms with Crippen molar-refractivity contribution in [2.75, 3.05) is 31.1 Å². The molecule has 0 N–H and O–H groups in total. The third kappa shape index (κ3) is 4.19. The number of hydrogen-bond donors (Lipinski definition) is 0. The van der Waals surface area contributed by atoms with Crippen LogP contribution >= 0.6 is 11.3 Å². The van der Waals surface area contributed by atoms with Crippen LogP contribution < -0.4 is 4.90 Å². The second kappa shape index (κ2) is 9.03. The van der Waals surface area contributed by atoms with E-state index in [1.165, 1.54) is 17.6 Å². The zero-order chi connectivity index (χ0) is 22.8. The molecule has 0 saturated carbocycles. The maximum absolute atomic E-state index is 13.5. The highest BCUT2D eigenvalue weighted by Gasteiger charge is 2.28. The number of thiazole rings is 1. The first-order chi connectivity index (χ1) is 16.1. The number of ketones is 1. The van der Waals surface area contributed by atoms with Gasteiger partial charge in [0.2, 0.25) is 5.78 Å². The van der Waals surface area contributed by atoms with Gasteiger partial charge in [-0.15, -0.1) is 0 Å². The number of aryl methyl sites for hydroxylation is 1. The lowest BCUT2D eigenvalue weighted by molar-refractivity contribution is 0.0714. The van der Waals surface area contributed by atoms with Crippen LogP contribution in [0.1, 0.15) is 31.4 Å². The minimum Gasteiger partial charge on any atom is -0.459 e. The topological polar surface area (TPSA) is 66.7 Å². The van der Waals surface area contributed by atoms with Gasteiger partial charge in [-0.1, -0.05) is 65.9 Å². The number of aromatic nitrogens is 1. The summed E-state index contributed by atoms with van der Waals surface area (Å²) >= 11 is 1.42. The van der Waals surface area contributed by atoms with Crippen molar-refractivity contribution in [3.63, 3.8) is 0 Å². The Bertz CT molecular complexity index is 1270.